The number of anilines is 1. The lowest BCUT2D eigenvalue weighted by atomic mass is 10.1. The Morgan fingerprint density at radius 3 is 2.39 bits per heavy atom. The highest BCUT2D eigenvalue weighted by Crippen LogP contribution is 2.34. The quantitative estimate of drug-likeness (QED) is 0.237. The summed E-state index contributed by atoms with van der Waals surface area (Å²) in [4.78, 5) is 27.5. The Hall–Kier alpha value is -3.44. The number of nitrogens with zero attached hydrogens (tertiary/aromatic N) is 2. The molecule has 3 aromatic carbocycles. The Kier molecular flexibility index (Phi) is 9.87. The Morgan fingerprint density at radius 2 is 1.74 bits per heavy atom. The summed E-state index contributed by atoms with van der Waals surface area (Å²) in [6, 6.07) is 14.3. The molecule has 0 heterocycles. The minimum atomic E-state index is -4.64. The second-order valence-electron chi connectivity index (χ2n) is 8.24. The van der Waals surface area contributed by atoms with Gasteiger partial charge in [-0.25, -0.2) is 5.43 Å². The second-order valence-corrected chi connectivity index (χ2v) is 9.08. The topological polar surface area (TPSA) is 94.0 Å². The van der Waals surface area contributed by atoms with Gasteiger partial charge in [-0.15, -0.1) is 0 Å². The molecular formula is C26H23Cl2F3N4O3. The van der Waals surface area contributed by atoms with Crippen LogP contribution in [0.25, 0.3) is 0 Å². The molecule has 0 bridgehead atoms. The summed E-state index contributed by atoms with van der Waals surface area (Å²) >= 11 is 11.6. The summed E-state index contributed by atoms with van der Waals surface area (Å²) in [6.45, 7) is 1.15. The normalized spacial score (nSPS) is 11.7. The molecular weight excluding hydrogens is 544 g/mol. The third kappa shape index (κ3) is 8.03. The van der Waals surface area contributed by atoms with Gasteiger partial charge in [-0.2, -0.15) is 18.3 Å². The smallest absolute Gasteiger partial charge is 0.395 e. The number of aliphatic hydroxyl groups is 1. The number of amides is 2. The Morgan fingerprint density at radius 1 is 1.03 bits per heavy atom. The van der Waals surface area contributed by atoms with Crippen LogP contribution in [0.15, 0.2) is 65.8 Å². The zero-order valence-electron chi connectivity index (χ0n) is 20.0. The molecule has 0 aliphatic heterocycles. The zero-order valence-corrected chi connectivity index (χ0v) is 21.5. The average Bonchev–Trinajstić information content (AvgIpc) is 2.86. The Labute approximate surface area is 226 Å². The van der Waals surface area contributed by atoms with E-state index in [2.05, 4.69) is 15.8 Å². The number of nitrogens with one attached hydrogen (secondary N) is 2. The molecule has 0 radical (unpaired) electrons. The second kappa shape index (κ2) is 12.9. The van der Waals surface area contributed by atoms with Crippen molar-refractivity contribution in [3.63, 3.8) is 0 Å². The average molecular weight is 567 g/mol. The van der Waals surface area contributed by atoms with Crippen LogP contribution >= 0.6 is 23.2 Å². The first-order chi connectivity index (χ1) is 18.0. The zero-order chi connectivity index (χ0) is 27.9. The van der Waals surface area contributed by atoms with Crippen molar-refractivity contribution in [2.45, 2.75) is 12.7 Å². The summed E-state index contributed by atoms with van der Waals surface area (Å²) in [5, 5.41) is 15.2. The number of likely N-dealkylation sites (N-methyl/N-ethyl adjacent to an activating group) is 1. The van der Waals surface area contributed by atoms with Gasteiger partial charge in [0.1, 0.15) is 0 Å². The van der Waals surface area contributed by atoms with E-state index in [-0.39, 0.29) is 28.4 Å². The van der Waals surface area contributed by atoms with E-state index in [9.17, 15) is 22.8 Å². The molecule has 0 aliphatic carbocycles. The van der Waals surface area contributed by atoms with Crippen molar-refractivity contribution >= 4 is 46.9 Å². The van der Waals surface area contributed by atoms with E-state index in [4.69, 9.17) is 28.3 Å². The number of carbonyl (C=O) groups excluding carboxylic acids is 2. The van der Waals surface area contributed by atoms with Crippen molar-refractivity contribution < 1.29 is 27.9 Å². The summed E-state index contributed by atoms with van der Waals surface area (Å²) in [7, 11) is 1.86. The number of hydrazone groups is 1. The highest BCUT2D eigenvalue weighted by atomic mass is 35.5. The lowest BCUT2D eigenvalue weighted by molar-refractivity contribution is -0.137. The molecule has 2 amide bonds. The fourth-order valence-corrected chi connectivity index (χ4v) is 3.79. The fraction of sp³-hybridized carbons (Fsp3) is 0.192. The van der Waals surface area contributed by atoms with Crippen LogP contribution in [-0.4, -0.2) is 48.2 Å². The van der Waals surface area contributed by atoms with Crippen molar-refractivity contribution in [1.82, 2.24) is 10.3 Å². The Balaban J connectivity index is 1.71. The SMILES string of the molecule is CN(CCO)Cc1ccc(C(=O)Nc2ccc(Cl)cc2C(=O)NN=Cc2ccc(Cl)c(C(F)(F)F)c2)cc1. The van der Waals surface area contributed by atoms with Crippen LogP contribution in [0.3, 0.4) is 0 Å². The summed E-state index contributed by atoms with van der Waals surface area (Å²) in [6.07, 6.45) is -3.61. The van der Waals surface area contributed by atoms with Crippen LogP contribution in [0, 0.1) is 0 Å². The maximum Gasteiger partial charge on any atom is 0.417 e. The van der Waals surface area contributed by atoms with Crippen molar-refractivity contribution in [1.29, 1.82) is 0 Å². The number of alkyl halides is 3. The highest BCUT2D eigenvalue weighted by molar-refractivity contribution is 6.31. The van der Waals surface area contributed by atoms with E-state index in [1.807, 2.05) is 11.9 Å². The van der Waals surface area contributed by atoms with E-state index >= 15 is 0 Å². The molecule has 0 saturated heterocycles. The molecule has 0 atom stereocenters. The number of benzene rings is 3. The van der Waals surface area contributed by atoms with Gasteiger partial charge in [0.25, 0.3) is 11.8 Å². The number of hydrogen-bond donors (Lipinski definition) is 3. The number of carbonyl (C=O) groups is 2. The first-order valence-electron chi connectivity index (χ1n) is 11.2. The van der Waals surface area contributed by atoms with Crippen LogP contribution in [-0.2, 0) is 12.7 Å². The van der Waals surface area contributed by atoms with E-state index in [0.717, 1.165) is 23.9 Å². The number of hydrogen-bond acceptors (Lipinski definition) is 5. The first-order valence-corrected chi connectivity index (χ1v) is 11.9. The summed E-state index contributed by atoms with van der Waals surface area (Å²) in [5.74, 6) is -1.22. The fourth-order valence-electron chi connectivity index (χ4n) is 3.40. The molecule has 0 unspecified atom stereocenters. The molecule has 3 rings (SSSR count). The van der Waals surface area contributed by atoms with Crippen molar-refractivity contribution in [3.05, 3.63) is 98.5 Å². The summed E-state index contributed by atoms with van der Waals surface area (Å²) in [5.41, 5.74) is 2.71. The number of rotatable bonds is 9. The molecule has 3 N–H and O–H groups in total. The molecule has 0 fully saturated rings. The van der Waals surface area contributed by atoms with Gasteiger partial charge in [-0.05, 0) is 60.6 Å². The molecule has 0 spiro atoms. The van der Waals surface area contributed by atoms with E-state index < -0.39 is 28.6 Å². The number of aliphatic hydroxyl groups excluding tert-OH is 1. The van der Waals surface area contributed by atoms with Gasteiger partial charge in [0, 0.05) is 23.7 Å². The van der Waals surface area contributed by atoms with E-state index in [1.54, 1.807) is 24.3 Å². The van der Waals surface area contributed by atoms with Gasteiger partial charge >= 0.3 is 6.18 Å². The van der Waals surface area contributed by atoms with Crippen molar-refractivity contribution in [2.75, 3.05) is 25.5 Å². The monoisotopic (exact) mass is 566 g/mol. The minimum Gasteiger partial charge on any atom is -0.395 e. The number of halogens is 5. The van der Waals surface area contributed by atoms with E-state index in [0.29, 0.717) is 18.7 Å². The molecule has 3 aromatic rings. The third-order valence-electron chi connectivity index (χ3n) is 5.30. The lowest BCUT2D eigenvalue weighted by Crippen LogP contribution is -2.22. The molecule has 0 aliphatic rings. The van der Waals surface area contributed by atoms with Gasteiger partial charge in [0.2, 0.25) is 0 Å². The van der Waals surface area contributed by atoms with Crippen LogP contribution in [0.5, 0.6) is 0 Å². The minimum absolute atomic E-state index is 0.00247. The molecule has 200 valence electrons. The van der Waals surface area contributed by atoms with Crippen LogP contribution in [0.2, 0.25) is 10.0 Å². The van der Waals surface area contributed by atoms with Gasteiger partial charge in [-0.1, -0.05) is 41.4 Å². The van der Waals surface area contributed by atoms with Gasteiger partial charge in [0.05, 0.1) is 34.7 Å². The maximum absolute atomic E-state index is 13.1. The predicted molar refractivity (Wildman–Crippen MR) is 141 cm³/mol. The van der Waals surface area contributed by atoms with Gasteiger partial charge in [0.15, 0.2) is 0 Å². The maximum atomic E-state index is 13.1. The predicted octanol–water partition coefficient (Wildman–Crippen LogP) is 5.45. The molecule has 7 nitrogen and oxygen atoms in total. The first kappa shape index (κ1) is 29.1. The summed E-state index contributed by atoms with van der Waals surface area (Å²) < 4.78 is 39.2. The standard InChI is InChI=1S/C26H23Cl2F3N4O3/c1-35(10-11-36)15-16-2-5-18(6-3-16)24(37)33-23-9-7-19(27)13-20(23)25(38)34-32-14-17-4-8-22(28)21(12-17)26(29,30)31/h2-9,12-14,36H,10-11,15H2,1H3,(H,33,37)(H,34,38). The highest BCUT2D eigenvalue weighted by Gasteiger charge is 2.33. The van der Waals surface area contributed by atoms with Crippen LogP contribution < -0.4 is 10.7 Å². The molecule has 0 aromatic heterocycles. The Bertz CT molecular complexity index is 1330. The van der Waals surface area contributed by atoms with Crippen molar-refractivity contribution in [2.24, 2.45) is 5.10 Å². The van der Waals surface area contributed by atoms with Crippen LogP contribution in [0.1, 0.15) is 37.4 Å². The molecule has 12 heteroatoms. The van der Waals surface area contributed by atoms with Gasteiger partial charge in [-0.3, -0.25) is 14.5 Å². The largest absolute Gasteiger partial charge is 0.417 e. The van der Waals surface area contributed by atoms with E-state index in [1.165, 1.54) is 24.3 Å². The third-order valence-corrected chi connectivity index (χ3v) is 5.86. The van der Waals surface area contributed by atoms with Crippen molar-refractivity contribution in [3.8, 4) is 0 Å². The molecule has 0 saturated carbocycles. The lowest BCUT2D eigenvalue weighted by Gasteiger charge is -2.15. The van der Waals surface area contributed by atoms with Crippen LogP contribution in [0.4, 0.5) is 18.9 Å². The van der Waals surface area contributed by atoms with Gasteiger partial charge < -0.3 is 10.4 Å². The molecule has 38 heavy (non-hydrogen) atoms.